The van der Waals surface area contributed by atoms with Crippen LogP contribution in [0.1, 0.15) is 49.8 Å². The molecule has 0 radical (unpaired) electrons. The number of aliphatic hydroxyl groups excluding tert-OH is 2. The number of hydrogen-bond acceptors (Lipinski definition) is 15. The number of aliphatic carboxylic acids is 1. The van der Waals surface area contributed by atoms with Gasteiger partial charge in [-0.15, -0.1) is 0 Å². The number of aromatic nitrogens is 1. The zero-order valence-electron chi connectivity index (χ0n) is 40.2. The lowest BCUT2D eigenvalue weighted by Crippen LogP contribution is -2.62. The molecule has 1 aliphatic rings. The van der Waals surface area contributed by atoms with Crippen LogP contribution in [0.3, 0.4) is 0 Å². The van der Waals surface area contributed by atoms with Crippen LogP contribution in [0.25, 0.3) is 10.9 Å². The number of phenols is 1. The Balaban J connectivity index is 1.58. The van der Waals surface area contributed by atoms with Crippen molar-refractivity contribution in [1.29, 1.82) is 0 Å². The van der Waals surface area contributed by atoms with E-state index in [1.54, 1.807) is 42.6 Å². The minimum atomic E-state index is -1.82. The predicted octanol–water partition coefficient (Wildman–Crippen LogP) is -1.01. The average Bonchev–Trinajstić information content (AvgIpc) is 3.76. The zero-order valence-corrected chi connectivity index (χ0v) is 41.9. The number of rotatable bonds is 17. The maximum atomic E-state index is 14.7. The molecular formula is C49H64N10O12S2. The van der Waals surface area contributed by atoms with Crippen LogP contribution in [0, 0.1) is 0 Å². The number of benzene rings is 3. The normalized spacial score (nSPS) is 22.5. The predicted molar refractivity (Wildman–Crippen MR) is 274 cm³/mol. The molecule has 0 saturated carbocycles. The molecule has 1 saturated heterocycles. The molecule has 73 heavy (non-hydrogen) atoms. The Morgan fingerprint density at radius 2 is 1.34 bits per heavy atom. The van der Waals surface area contributed by atoms with Gasteiger partial charge >= 0.3 is 5.97 Å². The minimum Gasteiger partial charge on any atom is -0.508 e. The van der Waals surface area contributed by atoms with Gasteiger partial charge in [0.15, 0.2) is 6.04 Å². The first-order chi connectivity index (χ1) is 34.8. The van der Waals surface area contributed by atoms with Crippen LogP contribution in [0.4, 0.5) is 0 Å². The van der Waals surface area contributed by atoms with Crippen molar-refractivity contribution in [2.45, 2.75) is 113 Å². The fourth-order valence-electron chi connectivity index (χ4n) is 7.79. The van der Waals surface area contributed by atoms with Crippen LogP contribution in [-0.2, 0) is 57.6 Å². The largest absolute Gasteiger partial charge is 0.508 e. The van der Waals surface area contributed by atoms with Gasteiger partial charge in [0.2, 0.25) is 41.4 Å². The van der Waals surface area contributed by atoms with Gasteiger partial charge in [-0.3, -0.25) is 33.6 Å². The minimum absolute atomic E-state index is 0.0207. The number of aliphatic hydroxyl groups is 2. The molecule has 1 aromatic heterocycles. The van der Waals surface area contributed by atoms with Crippen LogP contribution >= 0.6 is 21.6 Å². The van der Waals surface area contributed by atoms with Crippen LogP contribution in [0.5, 0.6) is 5.75 Å². The van der Waals surface area contributed by atoms with Gasteiger partial charge in [0.25, 0.3) is 0 Å². The third kappa shape index (κ3) is 17.2. The second kappa shape index (κ2) is 27.9. The lowest BCUT2D eigenvalue weighted by Gasteiger charge is -2.29. The molecule has 0 bridgehead atoms. The molecule has 5 rings (SSSR count). The van der Waals surface area contributed by atoms with E-state index in [-0.39, 0.29) is 49.5 Å². The Hall–Kier alpha value is -6.70. The van der Waals surface area contributed by atoms with E-state index < -0.39 is 108 Å². The number of nitrogens with one attached hydrogen (secondary N) is 8. The van der Waals surface area contributed by atoms with Gasteiger partial charge in [0.05, 0.1) is 18.2 Å². The Kier molecular flexibility index (Phi) is 21.9. The first-order valence-corrected chi connectivity index (χ1v) is 26.1. The van der Waals surface area contributed by atoms with E-state index in [0.29, 0.717) is 24.0 Å². The molecule has 1 aliphatic heterocycles. The van der Waals surface area contributed by atoms with Crippen molar-refractivity contribution >= 4 is 79.8 Å². The van der Waals surface area contributed by atoms with E-state index in [2.05, 4.69) is 42.2 Å². The standard InChI is InChI=1S/C49H64N10O12S2/c1-26(60)40-48(69)57-39(47(68)59-41(27(2)61)49(70)71)25-73-72-24-38(56-42(63)33(51)20-28-10-4-3-5-11-28)46(67)54-36(21-29-15-17-31(62)18-16-29)44(65)55-37(22-30-23-52-34-13-7-6-12-32(30)34)45(66)53-35(43(64)58-40)14-8-9-19-50/h3-7,10-13,15-18,23,26-27,33,35-41,52,60-62H,8-9,14,19-22,24-25,50-51H2,1-2H3,(H,53,66)(H,54,67)(H,55,65)(H,56,63)(H,57,69)(H,58,64)(H,59,68)(H,70,71)/t26-,27-,33-,35?,36+,37-,38?,39+,40+,41+/m1/s1. The summed E-state index contributed by atoms with van der Waals surface area (Å²) in [7, 11) is 1.86. The Labute approximate surface area is 429 Å². The molecule has 3 aromatic carbocycles. The average molecular weight is 1050 g/mol. The topological polar surface area (TPSA) is 370 Å². The zero-order chi connectivity index (χ0) is 53.2. The number of H-pyrrole nitrogens is 1. The van der Waals surface area contributed by atoms with Crippen molar-refractivity contribution in [3.8, 4) is 5.75 Å². The molecule has 4 aromatic rings. The summed E-state index contributed by atoms with van der Waals surface area (Å²) in [5.41, 5.74) is 14.7. The molecule has 24 heteroatoms. The van der Waals surface area contributed by atoms with Crippen molar-refractivity contribution in [2.75, 3.05) is 18.1 Å². The number of amides is 7. The maximum Gasteiger partial charge on any atom is 0.328 e. The van der Waals surface area contributed by atoms with Crippen molar-refractivity contribution in [1.82, 2.24) is 42.2 Å². The summed E-state index contributed by atoms with van der Waals surface area (Å²) in [6, 6.07) is 9.98. The Bertz CT molecular complexity index is 2530. The molecule has 16 N–H and O–H groups in total. The number of carboxylic acids is 1. The molecule has 22 nitrogen and oxygen atoms in total. The quantitative estimate of drug-likeness (QED) is 0.0445. The van der Waals surface area contributed by atoms with Crippen molar-refractivity contribution in [3.63, 3.8) is 0 Å². The smallest absolute Gasteiger partial charge is 0.328 e. The summed E-state index contributed by atoms with van der Waals surface area (Å²) in [4.78, 5) is 115. The second-order valence-corrected chi connectivity index (χ2v) is 20.2. The third-order valence-corrected chi connectivity index (χ3v) is 14.3. The number of hydrogen-bond donors (Lipinski definition) is 14. The number of carboxylic acid groups (broad SMARTS) is 1. The first-order valence-electron chi connectivity index (χ1n) is 23.6. The summed E-state index contributed by atoms with van der Waals surface area (Å²) in [5.74, 6) is -8.59. The molecule has 2 heterocycles. The maximum absolute atomic E-state index is 14.7. The molecule has 10 atom stereocenters. The molecule has 1 fully saturated rings. The fourth-order valence-corrected chi connectivity index (χ4v) is 10.1. The number of para-hydroxylation sites is 1. The van der Waals surface area contributed by atoms with Crippen molar-refractivity contribution in [3.05, 3.63) is 102 Å². The number of carbonyl (C=O) groups excluding carboxylic acids is 7. The van der Waals surface area contributed by atoms with Gasteiger partial charge in [0, 0.05) is 41.4 Å². The van der Waals surface area contributed by atoms with Crippen molar-refractivity contribution < 1.29 is 58.8 Å². The lowest BCUT2D eigenvalue weighted by atomic mass is 10.0. The van der Waals surface area contributed by atoms with E-state index in [1.165, 1.54) is 31.2 Å². The highest BCUT2D eigenvalue weighted by Gasteiger charge is 2.37. The number of phenolic OH excluding ortho intramolecular Hbond substituents is 1. The molecule has 2 unspecified atom stereocenters. The fraction of sp³-hybridized carbons (Fsp3) is 0.429. The summed E-state index contributed by atoms with van der Waals surface area (Å²) >= 11 is 0. The summed E-state index contributed by atoms with van der Waals surface area (Å²) < 4.78 is 0. The number of fused-ring (bicyclic) bond motifs is 1. The molecule has 7 amide bonds. The number of carbonyl (C=O) groups is 8. The van der Waals surface area contributed by atoms with Crippen LogP contribution < -0.4 is 48.7 Å². The number of nitrogens with two attached hydrogens (primary N) is 2. The van der Waals surface area contributed by atoms with Crippen LogP contribution in [-0.4, -0.2) is 151 Å². The van der Waals surface area contributed by atoms with E-state index >= 15 is 0 Å². The van der Waals surface area contributed by atoms with E-state index in [1.807, 2.05) is 18.2 Å². The number of aromatic amines is 1. The summed E-state index contributed by atoms with van der Waals surface area (Å²) in [6.07, 6.45) is -1.03. The molecule has 0 aliphatic carbocycles. The number of unbranched alkanes of at least 4 members (excludes halogenated alkanes) is 1. The van der Waals surface area contributed by atoms with E-state index in [4.69, 9.17) is 11.5 Å². The molecule has 394 valence electrons. The highest BCUT2D eigenvalue weighted by Crippen LogP contribution is 2.25. The third-order valence-electron chi connectivity index (χ3n) is 11.9. The second-order valence-electron chi connectivity index (χ2n) is 17.7. The van der Waals surface area contributed by atoms with Crippen LogP contribution in [0.15, 0.2) is 85.1 Å². The van der Waals surface area contributed by atoms with Gasteiger partial charge in [-0.2, -0.15) is 0 Å². The molecule has 0 spiro atoms. The first kappa shape index (κ1) is 57.2. The Morgan fingerprint density at radius 3 is 2.00 bits per heavy atom. The highest BCUT2D eigenvalue weighted by atomic mass is 33.1. The summed E-state index contributed by atoms with van der Waals surface area (Å²) in [6.45, 7) is 2.56. The lowest BCUT2D eigenvalue weighted by molar-refractivity contribution is -0.145. The number of aromatic hydroxyl groups is 1. The van der Waals surface area contributed by atoms with Gasteiger partial charge < -0.3 is 74.1 Å². The van der Waals surface area contributed by atoms with Gasteiger partial charge in [0.1, 0.15) is 42.0 Å². The van der Waals surface area contributed by atoms with Crippen LogP contribution in [0.2, 0.25) is 0 Å². The van der Waals surface area contributed by atoms with E-state index in [9.17, 15) is 58.8 Å². The SMILES string of the molecule is C[C@@H](O)[C@H](NC(=O)[C@@H]1CSSCC(NC(=O)[C@H](N)Cc2ccccc2)C(=O)N[C@@H](Cc2ccc(O)cc2)C(=O)N[C@H](Cc2c[nH]c3ccccc23)C(=O)NC(CCCCN)C(=O)N[C@@H]([C@@H](C)O)C(=O)N1)C(=O)O. The van der Waals surface area contributed by atoms with Gasteiger partial charge in [-0.1, -0.05) is 82.3 Å². The summed E-state index contributed by atoms with van der Waals surface area (Å²) in [5, 5.41) is 59.6. The van der Waals surface area contributed by atoms with Crippen molar-refractivity contribution in [2.24, 2.45) is 11.5 Å². The van der Waals surface area contributed by atoms with Gasteiger partial charge in [-0.05, 0) is 81.0 Å². The van der Waals surface area contributed by atoms with E-state index in [0.717, 1.165) is 45.0 Å². The molecular weight excluding hydrogens is 985 g/mol. The highest BCUT2D eigenvalue weighted by molar-refractivity contribution is 8.76. The van der Waals surface area contributed by atoms with Gasteiger partial charge in [-0.25, -0.2) is 4.79 Å². The monoisotopic (exact) mass is 1050 g/mol. The Morgan fingerprint density at radius 1 is 0.726 bits per heavy atom.